The Balaban J connectivity index is 2.07. The van der Waals surface area contributed by atoms with Crippen LogP contribution in [0, 0.1) is 0 Å². The lowest BCUT2D eigenvalue weighted by Crippen LogP contribution is -2.19. The summed E-state index contributed by atoms with van der Waals surface area (Å²) in [6.07, 6.45) is 1.19. The van der Waals surface area contributed by atoms with Gasteiger partial charge in [-0.1, -0.05) is 0 Å². The van der Waals surface area contributed by atoms with E-state index in [1.165, 1.54) is 12.2 Å². The van der Waals surface area contributed by atoms with Gasteiger partial charge in [-0.05, 0) is 24.3 Å². The molecule has 1 saturated heterocycles. The summed E-state index contributed by atoms with van der Waals surface area (Å²) >= 11 is 1.97. The van der Waals surface area contributed by atoms with E-state index >= 15 is 0 Å². The number of hydrogen-bond donors (Lipinski definition) is 2. The van der Waals surface area contributed by atoms with Gasteiger partial charge in [-0.3, -0.25) is 0 Å². The number of hydrogen-bond acceptors (Lipinski definition) is 5. The molecule has 1 aromatic rings. The van der Waals surface area contributed by atoms with Gasteiger partial charge in [0.2, 0.25) is 5.88 Å². The van der Waals surface area contributed by atoms with Crippen molar-refractivity contribution in [3.8, 4) is 5.88 Å². The summed E-state index contributed by atoms with van der Waals surface area (Å²) in [5.74, 6) is 3.71. The fraction of sp³-hybridized carbons (Fsp3) is 0.500. The summed E-state index contributed by atoms with van der Waals surface area (Å²) < 4.78 is 5.07. The van der Waals surface area contributed by atoms with Gasteiger partial charge in [0.15, 0.2) is 0 Å². The lowest BCUT2D eigenvalue weighted by molar-refractivity contribution is 0.400. The van der Waals surface area contributed by atoms with Crippen LogP contribution >= 0.6 is 11.8 Å². The van der Waals surface area contributed by atoms with Crippen LogP contribution in [0.25, 0.3) is 0 Å². The van der Waals surface area contributed by atoms with Gasteiger partial charge in [-0.25, -0.2) is 0 Å². The number of nitrogens with two attached hydrogens (primary N) is 1. The molecule has 0 amide bonds. The van der Waals surface area contributed by atoms with E-state index in [0.29, 0.717) is 17.6 Å². The molecule has 0 bridgehead atoms. The minimum atomic E-state index is 0.491. The predicted molar refractivity (Wildman–Crippen MR) is 64.6 cm³/mol. The number of methoxy groups -OCH3 is 1. The first-order chi connectivity index (χ1) is 7.29. The van der Waals surface area contributed by atoms with Crippen LogP contribution in [0.15, 0.2) is 12.1 Å². The molecule has 0 spiro atoms. The lowest BCUT2D eigenvalue weighted by atomic mass is 10.2. The zero-order valence-electron chi connectivity index (χ0n) is 8.69. The Hall–Kier alpha value is -1.10. The molecule has 1 aromatic heterocycles. The Labute approximate surface area is 93.6 Å². The van der Waals surface area contributed by atoms with Gasteiger partial charge in [0.25, 0.3) is 0 Å². The van der Waals surface area contributed by atoms with Gasteiger partial charge in [-0.15, -0.1) is 0 Å². The normalized spacial score (nSPS) is 20.2. The molecular weight excluding hydrogens is 210 g/mol. The van der Waals surface area contributed by atoms with Crippen molar-refractivity contribution in [3.05, 3.63) is 12.1 Å². The largest absolute Gasteiger partial charge is 0.479 e. The molecule has 1 aliphatic rings. The van der Waals surface area contributed by atoms with Crippen LogP contribution in [0.1, 0.15) is 6.42 Å². The highest BCUT2D eigenvalue weighted by atomic mass is 32.2. The maximum atomic E-state index is 5.69. The van der Waals surface area contributed by atoms with E-state index in [2.05, 4.69) is 10.3 Å². The van der Waals surface area contributed by atoms with E-state index in [0.717, 1.165) is 11.6 Å². The summed E-state index contributed by atoms with van der Waals surface area (Å²) in [7, 11) is 1.58. The number of aromatic nitrogens is 1. The molecule has 3 N–H and O–H groups in total. The number of nitrogen functional groups attached to an aromatic ring is 1. The Morgan fingerprint density at radius 1 is 1.60 bits per heavy atom. The standard InChI is InChI=1S/C10H15N3OS/c1-14-10-8(11)2-3-9(13-10)12-7-4-5-15-6-7/h2-3,7H,4-6,11H2,1H3,(H,12,13). The first-order valence-electron chi connectivity index (χ1n) is 4.94. The molecule has 0 radical (unpaired) electrons. The quantitative estimate of drug-likeness (QED) is 0.818. The van der Waals surface area contributed by atoms with Crippen molar-refractivity contribution in [2.24, 2.45) is 0 Å². The van der Waals surface area contributed by atoms with Crippen molar-refractivity contribution in [1.29, 1.82) is 0 Å². The van der Waals surface area contributed by atoms with E-state index in [4.69, 9.17) is 10.5 Å². The molecule has 1 unspecified atom stereocenters. The van der Waals surface area contributed by atoms with Crippen LogP contribution < -0.4 is 15.8 Å². The summed E-state index contributed by atoms with van der Waals surface area (Å²) in [6.45, 7) is 0. The van der Waals surface area contributed by atoms with Crippen molar-refractivity contribution in [2.45, 2.75) is 12.5 Å². The second-order valence-electron chi connectivity index (χ2n) is 3.50. The number of thioether (sulfide) groups is 1. The maximum absolute atomic E-state index is 5.69. The van der Waals surface area contributed by atoms with Crippen molar-refractivity contribution in [1.82, 2.24) is 4.98 Å². The minimum absolute atomic E-state index is 0.491. The maximum Gasteiger partial charge on any atom is 0.238 e. The smallest absolute Gasteiger partial charge is 0.238 e. The van der Waals surface area contributed by atoms with Crippen molar-refractivity contribution >= 4 is 23.3 Å². The molecule has 1 fully saturated rings. The fourth-order valence-electron chi connectivity index (χ4n) is 1.55. The van der Waals surface area contributed by atoms with Gasteiger partial charge in [0, 0.05) is 11.8 Å². The van der Waals surface area contributed by atoms with Crippen LogP contribution in [-0.4, -0.2) is 29.6 Å². The van der Waals surface area contributed by atoms with E-state index in [-0.39, 0.29) is 0 Å². The average Bonchev–Trinajstić information content (AvgIpc) is 2.73. The first-order valence-corrected chi connectivity index (χ1v) is 6.10. The molecule has 2 heterocycles. The van der Waals surface area contributed by atoms with Gasteiger partial charge >= 0.3 is 0 Å². The van der Waals surface area contributed by atoms with Gasteiger partial charge < -0.3 is 15.8 Å². The number of anilines is 2. The van der Waals surface area contributed by atoms with E-state index in [1.54, 1.807) is 7.11 Å². The lowest BCUT2D eigenvalue weighted by Gasteiger charge is -2.13. The average molecular weight is 225 g/mol. The monoisotopic (exact) mass is 225 g/mol. The summed E-state index contributed by atoms with van der Waals surface area (Å²) in [6, 6.07) is 4.23. The van der Waals surface area contributed by atoms with Gasteiger partial charge in [-0.2, -0.15) is 16.7 Å². The minimum Gasteiger partial charge on any atom is -0.479 e. The van der Waals surface area contributed by atoms with Crippen molar-refractivity contribution in [3.63, 3.8) is 0 Å². The Kier molecular flexibility index (Phi) is 3.20. The molecule has 0 aliphatic carbocycles. The van der Waals surface area contributed by atoms with Gasteiger partial charge in [0.05, 0.1) is 12.8 Å². The summed E-state index contributed by atoms with van der Waals surface area (Å²) in [4.78, 5) is 4.29. The number of nitrogens with one attached hydrogen (secondary N) is 1. The Bertz CT molecular complexity index is 339. The van der Waals surface area contributed by atoms with Gasteiger partial charge in [0.1, 0.15) is 5.82 Å². The molecule has 4 nitrogen and oxygen atoms in total. The predicted octanol–water partition coefficient (Wildman–Crippen LogP) is 1.59. The molecule has 1 atom stereocenters. The third kappa shape index (κ3) is 2.47. The zero-order chi connectivity index (χ0) is 10.7. The molecule has 15 heavy (non-hydrogen) atoms. The third-order valence-electron chi connectivity index (χ3n) is 2.36. The number of ether oxygens (including phenoxy) is 1. The molecular formula is C10H15N3OS. The molecule has 0 aromatic carbocycles. The first kappa shape index (κ1) is 10.4. The SMILES string of the molecule is COc1nc(NC2CCSC2)ccc1N. The summed E-state index contributed by atoms with van der Waals surface area (Å²) in [5, 5.41) is 3.38. The third-order valence-corrected chi connectivity index (χ3v) is 3.53. The molecule has 82 valence electrons. The molecule has 0 saturated carbocycles. The van der Waals surface area contributed by atoms with Crippen LogP contribution in [0.2, 0.25) is 0 Å². The van der Waals surface area contributed by atoms with Crippen molar-refractivity contribution < 1.29 is 4.74 Å². The number of pyridine rings is 1. The summed E-state index contributed by atoms with van der Waals surface area (Å²) in [5.41, 5.74) is 6.26. The van der Waals surface area contributed by atoms with Crippen LogP contribution in [0.4, 0.5) is 11.5 Å². The highest BCUT2D eigenvalue weighted by Crippen LogP contribution is 2.24. The molecule has 2 rings (SSSR count). The van der Waals surface area contributed by atoms with E-state index < -0.39 is 0 Å². The molecule has 1 aliphatic heterocycles. The van der Waals surface area contributed by atoms with E-state index in [9.17, 15) is 0 Å². The highest BCUT2D eigenvalue weighted by molar-refractivity contribution is 7.99. The second kappa shape index (κ2) is 4.61. The number of nitrogens with zero attached hydrogens (tertiary/aromatic N) is 1. The van der Waals surface area contributed by atoms with E-state index in [1.807, 2.05) is 23.9 Å². The zero-order valence-corrected chi connectivity index (χ0v) is 9.51. The van der Waals surface area contributed by atoms with Crippen LogP contribution in [0.5, 0.6) is 5.88 Å². The highest BCUT2D eigenvalue weighted by Gasteiger charge is 2.15. The Morgan fingerprint density at radius 3 is 3.13 bits per heavy atom. The van der Waals surface area contributed by atoms with Crippen molar-refractivity contribution in [2.75, 3.05) is 29.7 Å². The molecule has 5 heteroatoms. The Morgan fingerprint density at radius 2 is 2.47 bits per heavy atom. The topological polar surface area (TPSA) is 60.2 Å². The van der Waals surface area contributed by atoms with Crippen LogP contribution in [-0.2, 0) is 0 Å². The van der Waals surface area contributed by atoms with Crippen LogP contribution in [0.3, 0.4) is 0 Å². The second-order valence-corrected chi connectivity index (χ2v) is 4.65. The number of rotatable bonds is 3. The fourth-order valence-corrected chi connectivity index (χ4v) is 2.70.